The molecule has 0 spiro atoms. The van der Waals surface area contributed by atoms with Crippen molar-refractivity contribution in [3.05, 3.63) is 52.0 Å². The van der Waals surface area contributed by atoms with Crippen LogP contribution in [0.2, 0.25) is 0 Å². The highest BCUT2D eigenvalue weighted by Crippen LogP contribution is 2.30. The lowest BCUT2D eigenvalue weighted by atomic mass is 10.1. The lowest BCUT2D eigenvalue weighted by Gasteiger charge is -2.11. The molecule has 2 aromatic carbocycles. The van der Waals surface area contributed by atoms with Crippen LogP contribution in [0, 0.1) is 0 Å². The molecule has 1 amide bonds. The lowest BCUT2D eigenvalue weighted by molar-refractivity contribution is -0.142. The fourth-order valence-electron chi connectivity index (χ4n) is 2.66. The molecule has 146 valence electrons. The quantitative estimate of drug-likeness (QED) is 0.576. The summed E-state index contributed by atoms with van der Waals surface area (Å²) < 4.78 is 11.3. The Bertz CT molecular complexity index is 1030. The van der Waals surface area contributed by atoms with E-state index in [2.05, 4.69) is 26.2 Å². The molecule has 0 saturated carbocycles. The van der Waals surface area contributed by atoms with Crippen molar-refractivity contribution in [1.29, 1.82) is 0 Å². The van der Waals surface area contributed by atoms with Crippen LogP contribution in [-0.4, -0.2) is 37.6 Å². The van der Waals surface area contributed by atoms with Crippen molar-refractivity contribution >= 4 is 50.6 Å². The van der Waals surface area contributed by atoms with Gasteiger partial charge in [-0.15, -0.1) is 0 Å². The average molecular weight is 446 g/mol. The maximum absolute atomic E-state index is 12.8. The summed E-state index contributed by atoms with van der Waals surface area (Å²) in [7, 11) is 3.65. The van der Waals surface area contributed by atoms with Gasteiger partial charge in [-0.1, -0.05) is 18.2 Å². The van der Waals surface area contributed by atoms with E-state index in [4.69, 9.17) is 9.15 Å². The summed E-state index contributed by atoms with van der Waals surface area (Å²) in [5.74, 6) is -0.652. The molecule has 7 nitrogen and oxygen atoms in total. The van der Waals surface area contributed by atoms with Crippen molar-refractivity contribution in [2.45, 2.75) is 13.3 Å². The Balaban J connectivity index is 1.86. The first-order valence-corrected chi connectivity index (χ1v) is 9.50. The molecular weight excluding hydrogens is 426 g/mol. The largest absolute Gasteiger partial charge is 0.466 e. The van der Waals surface area contributed by atoms with Gasteiger partial charge in [0.05, 0.1) is 17.5 Å². The predicted octanol–water partition coefficient (Wildman–Crippen LogP) is 4.01. The molecule has 0 bridgehead atoms. The molecule has 0 aliphatic heterocycles. The maximum Gasteiger partial charge on any atom is 0.310 e. The number of esters is 1. The highest BCUT2D eigenvalue weighted by atomic mass is 79.9. The molecule has 28 heavy (non-hydrogen) atoms. The van der Waals surface area contributed by atoms with Crippen LogP contribution >= 0.6 is 15.9 Å². The minimum absolute atomic E-state index is 0.0858. The smallest absolute Gasteiger partial charge is 0.310 e. The summed E-state index contributed by atoms with van der Waals surface area (Å²) in [6.07, 6.45) is 0.0858. The van der Waals surface area contributed by atoms with Crippen molar-refractivity contribution in [1.82, 2.24) is 4.98 Å². The van der Waals surface area contributed by atoms with Gasteiger partial charge in [0.15, 0.2) is 5.58 Å². The van der Waals surface area contributed by atoms with Crippen LogP contribution in [0.1, 0.15) is 22.8 Å². The minimum Gasteiger partial charge on any atom is -0.466 e. The molecule has 0 atom stereocenters. The molecule has 0 saturated heterocycles. The van der Waals surface area contributed by atoms with Gasteiger partial charge in [0.2, 0.25) is 0 Å². The summed E-state index contributed by atoms with van der Waals surface area (Å²) in [5.41, 5.74) is 2.81. The van der Waals surface area contributed by atoms with Gasteiger partial charge in [-0.2, -0.15) is 4.98 Å². The number of anilines is 2. The number of benzene rings is 2. The summed E-state index contributed by atoms with van der Waals surface area (Å²) >= 11 is 3.43. The lowest BCUT2D eigenvalue weighted by Crippen LogP contribution is -2.15. The molecule has 1 N–H and O–H groups in total. The zero-order valence-corrected chi connectivity index (χ0v) is 17.4. The van der Waals surface area contributed by atoms with E-state index in [1.165, 1.54) is 0 Å². The van der Waals surface area contributed by atoms with E-state index >= 15 is 0 Å². The van der Waals surface area contributed by atoms with E-state index in [9.17, 15) is 9.59 Å². The normalized spacial score (nSPS) is 10.7. The maximum atomic E-state index is 12.8. The standard InChI is InChI=1S/C20H20BrN3O4/c1-4-27-17(25)11-12-7-5-6-8-15(12)22-19(26)13-9-14(21)18-16(10-13)23-20(28-18)24(2)3/h5-10H,4,11H2,1-3H3,(H,22,26). The van der Waals surface area contributed by atoms with Gasteiger partial charge in [0.25, 0.3) is 11.9 Å². The molecule has 0 aliphatic rings. The average Bonchev–Trinajstić information content (AvgIpc) is 3.09. The Labute approximate surface area is 170 Å². The van der Waals surface area contributed by atoms with Crippen molar-refractivity contribution < 1.29 is 18.7 Å². The zero-order chi connectivity index (χ0) is 20.3. The third-order valence-electron chi connectivity index (χ3n) is 3.98. The van der Waals surface area contributed by atoms with Gasteiger partial charge < -0.3 is 19.4 Å². The van der Waals surface area contributed by atoms with Crippen molar-refractivity contribution in [3.8, 4) is 0 Å². The van der Waals surface area contributed by atoms with Crippen LogP contribution in [0.5, 0.6) is 0 Å². The highest BCUT2D eigenvalue weighted by Gasteiger charge is 2.17. The summed E-state index contributed by atoms with van der Waals surface area (Å²) in [6.45, 7) is 2.07. The molecule has 1 heterocycles. The van der Waals surface area contributed by atoms with Gasteiger partial charge >= 0.3 is 5.97 Å². The van der Waals surface area contributed by atoms with E-state index in [-0.39, 0.29) is 18.3 Å². The Morgan fingerprint density at radius 3 is 2.71 bits per heavy atom. The molecule has 3 aromatic rings. The van der Waals surface area contributed by atoms with Crippen LogP contribution in [0.4, 0.5) is 11.7 Å². The number of aromatic nitrogens is 1. The number of ether oxygens (including phenoxy) is 1. The van der Waals surface area contributed by atoms with Crippen LogP contribution in [0.15, 0.2) is 45.3 Å². The Morgan fingerprint density at radius 1 is 1.25 bits per heavy atom. The number of oxazole rings is 1. The fourth-order valence-corrected chi connectivity index (χ4v) is 3.19. The number of nitrogens with one attached hydrogen (secondary N) is 1. The van der Waals surface area contributed by atoms with Crippen LogP contribution in [0.3, 0.4) is 0 Å². The molecule has 1 aromatic heterocycles. The fraction of sp³-hybridized carbons (Fsp3) is 0.250. The second-order valence-electron chi connectivity index (χ2n) is 6.29. The van der Waals surface area contributed by atoms with E-state index in [1.807, 2.05) is 20.2 Å². The van der Waals surface area contributed by atoms with E-state index < -0.39 is 0 Å². The topological polar surface area (TPSA) is 84.7 Å². The molecule has 0 radical (unpaired) electrons. The Morgan fingerprint density at radius 2 is 2.00 bits per heavy atom. The molecule has 8 heteroatoms. The van der Waals surface area contributed by atoms with E-state index in [0.29, 0.717) is 45.0 Å². The summed E-state index contributed by atoms with van der Waals surface area (Å²) in [5, 5.41) is 2.86. The first kappa shape index (κ1) is 19.9. The number of hydrogen-bond donors (Lipinski definition) is 1. The Kier molecular flexibility index (Phi) is 5.99. The van der Waals surface area contributed by atoms with Gasteiger partial charge in [-0.3, -0.25) is 9.59 Å². The second-order valence-corrected chi connectivity index (χ2v) is 7.14. The van der Waals surface area contributed by atoms with Gasteiger partial charge in [-0.05, 0) is 46.6 Å². The van der Waals surface area contributed by atoms with E-state index in [1.54, 1.807) is 42.2 Å². The first-order chi connectivity index (χ1) is 13.4. The predicted molar refractivity (Wildman–Crippen MR) is 111 cm³/mol. The molecular formula is C20H20BrN3O4. The number of hydrogen-bond acceptors (Lipinski definition) is 6. The Hall–Kier alpha value is -2.87. The van der Waals surface area contributed by atoms with Crippen LogP contribution in [0.25, 0.3) is 11.1 Å². The third-order valence-corrected chi connectivity index (χ3v) is 4.57. The number of para-hydroxylation sites is 1. The number of nitrogens with zero attached hydrogens (tertiary/aromatic N) is 2. The number of rotatable bonds is 6. The molecule has 0 aliphatic carbocycles. The summed E-state index contributed by atoms with van der Waals surface area (Å²) in [6, 6.07) is 10.9. The molecule has 0 unspecified atom stereocenters. The first-order valence-electron chi connectivity index (χ1n) is 8.71. The zero-order valence-electron chi connectivity index (χ0n) is 15.8. The van der Waals surface area contributed by atoms with Gasteiger partial charge in [0, 0.05) is 25.3 Å². The molecule has 3 rings (SSSR count). The van der Waals surface area contributed by atoms with Crippen molar-refractivity contribution in [3.63, 3.8) is 0 Å². The number of amides is 1. The highest BCUT2D eigenvalue weighted by molar-refractivity contribution is 9.10. The monoisotopic (exact) mass is 445 g/mol. The van der Waals surface area contributed by atoms with E-state index in [0.717, 1.165) is 0 Å². The number of carbonyl (C=O) groups excluding carboxylic acids is 2. The minimum atomic E-state index is -0.341. The number of fused-ring (bicyclic) bond motifs is 1. The third kappa shape index (κ3) is 4.33. The number of halogens is 1. The van der Waals surface area contributed by atoms with Crippen LogP contribution < -0.4 is 10.2 Å². The van der Waals surface area contributed by atoms with Gasteiger partial charge in [-0.25, -0.2) is 0 Å². The van der Waals surface area contributed by atoms with Crippen molar-refractivity contribution in [2.75, 3.05) is 30.9 Å². The second kappa shape index (κ2) is 8.43. The molecule has 0 fully saturated rings. The van der Waals surface area contributed by atoms with Gasteiger partial charge in [0.1, 0.15) is 5.52 Å². The SMILES string of the molecule is CCOC(=O)Cc1ccccc1NC(=O)c1cc(Br)c2oc(N(C)C)nc2c1. The van der Waals surface area contributed by atoms with Crippen molar-refractivity contribution in [2.24, 2.45) is 0 Å². The summed E-state index contributed by atoms with van der Waals surface area (Å²) in [4.78, 5) is 30.7. The number of carbonyl (C=O) groups is 2. The van der Waals surface area contributed by atoms with Crippen LogP contribution in [-0.2, 0) is 16.0 Å².